The molecule has 0 bridgehead atoms. The maximum Gasteiger partial charge on any atom is 0.238 e. The zero-order chi connectivity index (χ0) is 19.2. The first-order valence-corrected chi connectivity index (χ1v) is 10.6. The summed E-state index contributed by atoms with van der Waals surface area (Å²) in [6, 6.07) is 9.76. The number of thiophene rings is 1. The number of hydrogen-bond acceptors (Lipinski definition) is 5. The Morgan fingerprint density at radius 1 is 1.26 bits per heavy atom. The second kappa shape index (κ2) is 11.2. The number of primary sulfonamides is 1. The number of aliphatic hydroxyl groups is 1. The number of nitrogens with two attached hydrogens (primary N) is 1. The first-order valence-electron chi connectivity index (χ1n) is 7.87. The summed E-state index contributed by atoms with van der Waals surface area (Å²) in [7, 11) is -3.70. The fourth-order valence-electron chi connectivity index (χ4n) is 2.10. The van der Waals surface area contributed by atoms with Gasteiger partial charge in [0.2, 0.25) is 10.0 Å². The van der Waals surface area contributed by atoms with E-state index in [0.717, 1.165) is 10.4 Å². The van der Waals surface area contributed by atoms with Gasteiger partial charge < -0.3 is 15.7 Å². The number of guanidine groups is 1. The van der Waals surface area contributed by atoms with Crippen LogP contribution in [0.25, 0.3) is 0 Å². The molecule has 7 nitrogen and oxygen atoms in total. The van der Waals surface area contributed by atoms with E-state index in [1.807, 2.05) is 6.92 Å². The van der Waals surface area contributed by atoms with Crippen molar-refractivity contribution >= 4 is 62.9 Å². The monoisotopic (exact) mass is 544 g/mol. The topological polar surface area (TPSA) is 117 Å². The van der Waals surface area contributed by atoms with Gasteiger partial charge >= 0.3 is 0 Å². The second-order valence-electron chi connectivity index (χ2n) is 5.42. The maximum atomic E-state index is 11.3. The molecular weight excluding hydrogens is 523 g/mol. The molecule has 0 aliphatic carbocycles. The van der Waals surface area contributed by atoms with Crippen LogP contribution in [0.4, 0.5) is 0 Å². The summed E-state index contributed by atoms with van der Waals surface area (Å²) in [4.78, 5) is 5.26. The van der Waals surface area contributed by atoms with Crippen LogP contribution < -0.4 is 15.8 Å². The minimum Gasteiger partial charge on any atom is -0.386 e. The number of nitrogens with one attached hydrogen (secondary N) is 2. The van der Waals surface area contributed by atoms with E-state index in [9.17, 15) is 13.5 Å². The third-order valence-electron chi connectivity index (χ3n) is 3.40. The Labute approximate surface area is 185 Å². The molecule has 1 aromatic carbocycles. The Bertz CT molecular complexity index is 857. The molecular formula is C16H22ClIN4O3S2. The molecule has 0 spiro atoms. The molecule has 2 rings (SSSR count). The van der Waals surface area contributed by atoms with Gasteiger partial charge in [-0.25, -0.2) is 18.5 Å². The molecule has 11 heteroatoms. The fourth-order valence-corrected chi connectivity index (χ4v) is 3.66. The van der Waals surface area contributed by atoms with Crippen molar-refractivity contribution < 1.29 is 13.5 Å². The van der Waals surface area contributed by atoms with Crippen LogP contribution >= 0.6 is 46.9 Å². The summed E-state index contributed by atoms with van der Waals surface area (Å²) in [6.45, 7) is 3.23. The molecule has 5 N–H and O–H groups in total. The van der Waals surface area contributed by atoms with E-state index in [1.54, 1.807) is 24.3 Å². The van der Waals surface area contributed by atoms with Gasteiger partial charge in [0.15, 0.2) is 5.96 Å². The molecule has 0 fully saturated rings. The van der Waals surface area contributed by atoms with Crippen molar-refractivity contribution in [1.82, 2.24) is 10.6 Å². The lowest BCUT2D eigenvalue weighted by Crippen LogP contribution is -2.39. The average molecular weight is 545 g/mol. The van der Waals surface area contributed by atoms with Crippen LogP contribution in [0, 0.1) is 0 Å². The fraction of sp³-hybridized carbons (Fsp3) is 0.312. The van der Waals surface area contributed by atoms with Gasteiger partial charge in [-0.3, -0.25) is 0 Å². The first kappa shape index (κ1) is 24.1. The van der Waals surface area contributed by atoms with Gasteiger partial charge in [0, 0.05) is 18.0 Å². The van der Waals surface area contributed by atoms with Crippen molar-refractivity contribution in [1.29, 1.82) is 0 Å². The zero-order valence-corrected chi connectivity index (χ0v) is 19.3. The summed E-state index contributed by atoms with van der Waals surface area (Å²) in [5, 5.41) is 21.4. The van der Waals surface area contributed by atoms with Crippen LogP contribution in [0.1, 0.15) is 23.5 Å². The summed E-state index contributed by atoms with van der Waals surface area (Å²) in [5.74, 6) is 0.546. The third-order valence-corrected chi connectivity index (χ3v) is 5.66. The second-order valence-corrected chi connectivity index (χ2v) is 8.73. The number of rotatable bonds is 7. The van der Waals surface area contributed by atoms with Gasteiger partial charge in [-0.2, -0.15) is 0 Å². The van der Waals surface area contributed by atoms with Crippen molar-refractivity contribution in [2.75, 3.05) is 13.1 Å². The van der Waals surface area contributed by atoms with Crippen LogP contribution in [0.15, 0.2) is 46.3 Å². The van der Waals surface area contributed by atoms with Gasteiger partial charge in [-0.05, 0) is 36.8 Å². The summed E-state index contributed by atoms with van der Waals surface area (Å²) < 4.78 is 23.2. The molecule has 0 aliphatic rings. The molecule has 0 radical (unpaired) electrons. The lowest BCUT2D eigenvalue weighted by atomic mass is 10.2. The molecule has 0 aliphatic heterocycles. The molecule has 1 unspecified atom stereocenters. The van der Waals surface area contributed by atoms with E-state index >= 15 is 0 Å². The van der Waals surface area contributed by atoms with Gasteiger partial charge in [0.05, 0.1) is 15.8 Å². The number of nitrogens with zero attached hydrogens (tertiary/aromatic N) is 1. The van der Waals surface area contributed by atoms with Gasteiger partial charge in [0.1, 0.15) is 6.10 Å². The minimum atomic E-state index is -3.70. The Morgan fingerprint density at radius 3 is 2.44 bits per heavy atom. The maximum absolute atomic E-state index is 11.3. The van der Waals surface area contributed by atoms with E-state index in [1.165, 1.54) is 23.5 Å². The van der Waals surface area contributed by atoms with Gasteiger partial charge in [-0.15, -0.1) is 35.3 Å². The van der Waals surface area contributed by atoms with Crippen LogP contribution in [0.3, 0.4) is 0 Å². The first-order chi connectivity index (χ1) is 12.3. The Kier molecular flexibility index (Phi) is 9.98. The van der Waals surface area contributed by atoms with E-state index in [2.05, 4.69) is 15.6 Å². The molecule has 0 saturated carbocycles. The Balaban J connectivity index is 0.00000364. The average Bonchev–Trinajstić information content (AvgIpc) is 3.03. The molecule has 1 atom stereocenters. The number of halogens is 2. The van der Waals surface area contributed by atoms with Crippen LogP contribution in [-0.2, 0) is 16.6 Å². The van der Waals surface area contributed by atoms with Crippen molar-refractivity contribution in [3.8, 4) is 0 Å². The summed E-state index contributed by atoms with van der Waals surface area (Å²) in [5.41, 5.74) is 0.834. The van der Waals surface area contributed by atoms with E-state index in [4.69, 9.17) is 16.7 Å². The highest BCUT2D eigenvalue weighted by Gasteiger charge is 2.11. The van der Waals surface area contributed by atoms with E-state index in [0.29, 0.717) is 23.4 Å². The predicted molar refractivity (Wildman–Crippen MR) is 120 cm³/mol. The number of aliphatic imine (C=N–C) groups is 1. The zero-order valence-electron chi connectivity index (χ0n) is 14.6. The largest absolute Gasteiger partial charge is 0.386 e. The smallest absolute Gasteiger partial charge is 0.238 e. The number of aliphatic hydroxyl groups excluding tert-OH is 1. The van der Waals surface area contributed by atoms with Crippen LogP contribution in [-0.4, -0.2) is 32.6 Å². The SMILES string of the molecule is CCNC(=NCc1ccc(S(N)(=O)=O)cc1)NCC(O)c1ccc(Cl)s1.I. The highest BCUT2D eigenvalue weighted by Crippen LogP contribution is 2.26. The van der Waals surface area contributed by atoms with Crippen LogP contribution in [0.2, 0.25) is 4.34 Å². The highest BCUT2D eigenvalue weighted by molar-refractivity contribution is 14.0. The van der Waals surface area contributed by atoms with Gasteiger partial charge in [0.25, 0.3) is 0 Å². The molecule has 0 amide bonds. The van der Waals surface area contributed by atoms with Crippen molar-refractivity contribution in [2.45, 2.75) is 24.5 Å². The van der Waals surface area contributed by atoms with Crippen molar-refractivity contribution in [2.24, 2.45) is 10.1 Å². The number of sulfonamides is 1. The molecule has 1 aromatic heterocycles. The van der Waals surface area contributed by atoms with E-state index < -0.39 is 16.1 Å². The minimum absolute atomic E-state index is 0. The quantitative estimate of drug-likeness (QED) is 0.243. The normalized spacial score (nSPS) is 13.0. The molecule has 2 aromatic rings. The summed E-state index contributed by atoms with van der Waals surface area (Å²) in [6.07, 6.45) is -0.689. The van der Waals surface area contributed by atoms with E-state index in [-0.39, 0.29) is 35.4 Å². The third kappa shape index (κ3) is 7.92. The van der Waals surface area contributed by atoms with Gasteiger partial charge in [-0.1, -0.05) is 23.7 Å². The summed E-state index contributed by atoms with van der Waals surface area (Å²) >= 11 is 7.21. The lowest BCUT2D eigenvalue weighted by Gasteiger charge is -2.14. The van der Waals surface area contributed by atoms with Crippen LogP contribution in [0.5, 0.6) is 0 Å². The molecule has 1 heterocycles. The highest BCUT2D eigenvalue weighted by atomic mass is 127. The molecule has 27 heavy (non-hydrogen) atoms. The number of hydrogen-bond donors (Lipinski definition) is 4. The van der Waals surface area contributed by atoms with Crippen molar-refractivity contribution in [3.63, 3.8) is 0 Å². The molecule has 0 saturated heterocycles. The Hall–Kier alpha value is -0.920. The van der Waals surface area contributed by atoms with Crippen molar-refractivity contribution in [3.05, 3.63) is 51.2 Å². The predicted octanol–water partition coefficient (Wildman–Crippen LogP) is 2.46. The standard InChI is InChI=1S/C16H21ClN4O3S2.HI/c1-2-19-16(21-10-13(22)14-7-8-15(17)25-14)20-9-11-3-5-12(6-4-11)26(18,23)24;/h3-8,13,22H,2,9-10H2,1H3,(H2,18,23,24)(H2,19,20,21);1H. The number of benzene rings is 1. The molecule has 150 valence electrons. The Morgan fingerprint density at radius 2 is 1.93 bits per heavy atom. The lowest BCUT2D eigenvalue weighted by molar-refractivity contribution is 0.184.